The first-order valence-corrected chi connectivity index (χ1v) is 17.2. The van der Waals surface area contributed by atoms with E-state index in [0.29, 0.717) is 0 Å². The molecule has 0 unspecified atom stereocenters. The van der Waals surface area contributed by atoms with Gasteiger partial charge in [-0.1, -0.05) is 115 Å². The average molecular weight is 586 g/mol. The van der Waals surface area contributed by atoms with Gasteiger partial charge in [0.15, 0.2) is 0 Å². The first kappa shape index (κ1) is 24.7. The summed E-state index contributed by atoms with van der Waals surface area (Å²) in [5.74, 6) is 0. The van der Waals surface area contributed by atoms with Gasteiger partial charge >= 0.3 is 0 Å². The summed E-state index contributed by atoms with van der Waals surface area (Å²) >= 11 is 7.05. The number of nitrogens with zero attached hydrogens (tertiary/aromatic N) is 3. The van der Waals surface area contributed by atoms with Gasteiger partial charge in [-0.15, -0.1) is 0 Å². The minimum Gasteiger partial charge on any atom is -0.292 e. The second-order valence-corrected chi connectivity index (χ2v) is 15.4. The van der Waals surface area contributed by atoms with Crippen molar-refractivity contribution in [1.29, 1.82) is 0 Å². The van der Waals surface area contributed by atoms with Gasteiger partial charge in [-0.2, -0.15) is 0 Å². The second kappa shape index (κ2) is 9.31. The fourth-order valence-corrected chi connectivity index (χ4v) is 10.6. The van der Waals surface area contributed by atoms with Crippen molar-refractivity contribution in [2.45, 2.75) is 0 Å². The fourth-order valence-electron chi connectivity index (χ4n) is 6.64. The molecule has 0 N–H and O–H groups in total. The molecule has 0 atom stereocenters. The van der Waals surface area contributed by atoms with Crippen molar-refractivity contribution in [3.8, 4) is 0 Å². The van der Waals surface area contributed by atoms with Gasteiger partial charge in [0.1, 0.15) is 5.65 Å². The Morgan fingerprint density at radius 1 is 0.535 bits per heavy atom. The summed E-state index contributed by atoms with van der Waals surface area (Å²) in [5.41, 5.74) is 4.08. The Labute approximate surface area is 253 Å². The smallest absolute Gasteiger partial charge is 0.147 e. The summed E-state index contributed by atoms with van der Waals surface area (Å²) < 4.78 is 2.27. The topological polar surface area (TPSA) is 30.2 Å². The molecule has 0 saturated carbocycles. The summed E-state index contributed by atoms with van der Waals surface area (Å²) in [6.45, 7) is 0. The Kier molecular flexibility index (Phi) is 5.34. The van der Waals surface area contributed by atoms with Crippen molar-refractivity contribution in [1.82, 2.24) is 14.4 Å². The van der Waals surface area contributed by atoms with E-state index in [1.165, 1.54) is 21.5 Å². The zero-order valence-electron chi connectivity index (χ0n) is 23.1. The van der Waals surface area contributed by atoms with Crippen molar-refractivity contribution in [3.63, 3.8) is 0 Å². The van der Waals surface area contributed by atoms with Crippen LogP contribution in [0.4, 0.5) is 0 Å². The summed E-state index contributed by atoms with van der Waals surface area (Å²) in [4.78, 5) is 10.0. The lowest BCUT2D eigenvalue weighted by molar-refractivity contribution is 1.30. The van der Waals surface area contributed by atoms with E-state index in [4.69, 9.17) is 21.8 Å². The quantitative estimate of drug-likeness (QED) is 0.155. The van der Waals surface area contributed by atoms with E-state index in [1.807, 2.05) is 18.5 Å². The van der Waals surface area contributed by atoms with Crippen LogP contribution >= 0.6 is 6.04 Å². The third-order valence-corrected chi connectivity index (χ3v) is 13.6. The third kappa shape index (κ3) is 3.58. The highest BCUT2D eigenvalue weighted by molar-refractivity contribution is 8.25. The van der Waals surface area contributed by atoms with Crippen molar-refractivity contribution < 1.29 is 0 Å². The molecule has 6 aromatic carbocycles. The molecular formula is C38H24N3PS. The van der Waals surface area contributed by atoms with Gasteiger partial charge in [-0.05, 0) is 62.5 Å². The van der Waals surface area contributed by atoms with Crippen LogP contribution in [0.3, 0.4) is 0 Å². The molecule has 3 aromatic heterocycles. The van der Waals surface area contributed by atoms with Gasteiger partial charge in [0.25, 0.3) is 0 Å². The lowest BCUT2D eigenvalue weighted by Gasteiger charge is -2.26. The molecule has 0 radical (unpaired) electrons. The predicted octanol–water partition coefficient (Wildman–Crippen LogP) is 8.25. The zero-order valence-corrected chi connectivity index (χ0v) is 24.8. The van der Waals surface area contributed by atoms with E-state index >= 15 is 0 Å². The number of pyridine rings is 2. The molecule has 0 aliphatic rings. The number of fused-ring (bicyclic) bond motifs is 10. The maximum Gasteiger partial charge on any atom is 0.147 e. The van der Waals surface area contributed by atoms with Gasteiger partial charge in [-0.3, -0.25) is 9.38 Å². The highest BCUT2D eigenvalue weighted by Gasteiger charge is 2.30. The Balaban J connectivity index is 1.47. The molecule has 43 heavy (non-hydrogen) atoms. The van der Waals surface area contributed by atoms with Gasteiger partial charge in [0.05, 0.1) is 16.6 Å². The van der Waals surface area contributed by atoms with E-state index in [0.717, 1.165) is 54.3 Å². The highest BCUT2D eigenvalue weighted by Crippen LogP contribution is 2.47. The van der Waals surface area contributed by atoms with Crippen LogP contribution in [0, 0.1) is 0 Å². The molecule has 0 spiro atoms. The summed E-state index contributed by atoms with van der Waals surface area (Å²) in [7, 11) is 0. The molecule has 0 aliphatic carbocycles. The van der Waals surface area contributed by atoms with Crippen LogP contribution in [0.1, 0.15) is 0 Å². The van der Waals surface area contributed by atoms with Gasteiger partial charge in [0.2, 0.25) is 0 Å². The lowest BCUT2D eigenvalue weighted by Crippen LogP contribution is -2.26. The molecule has 3 nitrogen and oxygen atoms in total. The highest BCUT2D eigenvalue weighted by atomic mass is 32.4. The number of benzene rings is 6. The van der Waals surface area contributed by atoms with E-state index in [-0.39, 0.29) is 0 Å². The van der Waals surface area contributed by atoms with Crippen LogP contribution in [-0.2, 0) is 11.8 Å². The number of imidazole rings is 1. The molecule has 0 fully saturated rings. The molecule has 5 heteroatoms. The Morgan fingerprint density at radius 2 is 1.12 bits per heavy atom. The Morgan fingerprint density at radius 3 is 1.81 bits per heavy atom. The lowest BCUT2D eigenvalue weighted by atomic mass is 10.1. The second-order valence-electron chi connectivity index (χ2n) is 11.0. The van der Waals surface area contributed by atoms with E-state index in [1.54, 1.807) is 0 Å². The zero-order chi connectivity index (χ0) is 28.5. The summed E-state index contributed by atoms with van der Waals surface area (Å²) in [6, 6.07) is 44.9. The third-order valence-electron chi connectivity index (χ3n) is 8.67. The standard InChI is InChI=1S/C38H24N3PS/c43-42(29-19-17-25-9-1-3-11-27(25)21-29,30-20-18-26-10-2-4-12-28(26)22-30)36-24-39-23-32-37(36)31-13-5-7-15-34(31)41-35-16-8-6-14-33(35)40-38(32)41/h1-24H. The monoisotopic (exact) mass is 585 g/mol. The summed E-state index contributed by atoms with van der Waals surface area (Å²) in [6.07, 6.45) is 3.99. The predicted molar refractivity (Wildman–Crippen MR) is 187 cm³/mol. The van der Waals surface area contributed by atoms with Crippen LogP contribution in [0.25, 0.3) is 59.9 Å². The number of aromatic nitrogens is 3. The number of rotatable bonds is 3. The molecule has 0 bridgehead atoms. The van der Waals surface area contributed by atoms with E-state index < -0.39 is 6.04 Å². The van der Waals surface area contributed by atoms with Crippen LogP contribution in [0.2, 0.25) is 0 Å². The van der Waals surface area contributed by atoms with Crippen LogP contribution < -0.4 is 15.9 Å². The first-order chi connectivity index (χ1) is 21.2. The van der Waals surface area contributed by atoms with Crippen LogP contribution in [0.5, 0.6) is 0 Å². The van der Waals surface area contributed by atoms with Gasteiger partial charge < -0.3 is 0 Å². The molecular weight excluding hydrogens is 561 g/mol. The van der Waals surface area contributed by atoms with Crippen molar-refractivity contribution in [2.24, 2.45) is 0 Å². The van der Waals surface area contributed by atoms with Crippen molar-refractivity contribution in [3.05, 3.63) is 146 Å². The molecule has 9 rings (SSSR count). The average Bonchev–Trinajstić information content (AvgIpc) is 3.47. The van der Waals surface area contributed by atoms with E-state index in [2.05, 4.69) is 132 Å². The minimum absolute atomic E-state index is 0.905. The van der Waals surface area contributed by atoms with Crippen LogP contribution in [-0.4, -0.2) is 14.4 Å². The fraction of sp³-hybridized carbons (Fsp3) is 0. The molecule has 0 amide bonds. The molecule has 202 valence electrons. The SMILES string of the molecule is S=P(c1ccc2ccccc2c1)(c1ccc2ccccc2c1)c1cncc2c1c1ccccc1n1c3ccccc3nc21. The number of para-hydroxylation sites is 3. The van der Waals surface area contributed by atoms with Crippen molar-refractivity contribution in [2.75, 3.05) is 0 Å². The van der Waals surface area contributed by atoms with Gasteiger partial charge in [0, 0.05) is 39.9 Å². The Bertz CT molecular complexity index is 2540. The molecule has 9 aromatic rings. The normalized spacial score (nSPS) is 12.3. The Hall–Kier alpha value is -4.89. The molecule has 0 saturated heterocycles. The largest absolute Gasteiger partial charge is 0.292 e. The maximum absolute atomic E-state index is 7.05. The molecule has 0 aliphatic heterocycles. The number of hydrogen-bond donors (Lipinski definition) is 0. The summed E-state index contributed by atoms with van der Waals surface area (Å²) in [5, 5.41) is 11.5. The van der Waals surface area contributed by atoms with E-state index in [9.17, 15) is 0 Å². The van der Waals surface area contributed by atoms with Gasteiger partial charge in [-0.25, -0.2) is 4.98 Å². The minimum atomic E-state index is -2.61. The maximum atomic E-state index is 7.05. The van der Waals surface area contributed by atoms with Crippen molar-refractivity contribution >= 4 is 93.7 Å². The number of hydrogen-bond acceptors (Lipinski definition) is 3. The molecule has 3 heterocycles. The first-order valence-electron chi connectivity index (χ1n) is 14.4. The van der Waals surface area contributed by atoms with Crippen LogP contribution in [0.15, 0.2) is 146 Å².